The van der Waals surface area contributed by atoms with Crippen molar-refractivity contribution in [2.24, 2.45) is 0 Å². The quantitative estimate of drug-likeness (QED) is 0.633. The molecule has 0 bridgehead atoms. The molecule has 0 saturated carbocycles. The number of rotatable bonds is 4. The summed E-state index contributed by atoms with van der Waals surface area (Å²) in [5.74, 6) is 0.974. The molecule has 1 saturated heterocycles. The van der Waals surface area contributed by atoms with Gasteiger partial charge in [0.15, 0.2) is 0 Å². The predicted octanol–water partition coefficient (Wildman–Crippen LogP) is 0.895. The lowest BCUT2D eigenvalue weighted by Crippen LogP contribution is -2.49. The molecule has 1 fully saturated rings. The van der Waals surface area contributed by atoms with Crippen molar-refractivity contribution >= 4 is 23.8 Å². The molecule has 1 aromatic heterocycles. The van der Waals surface area contributed by atoms with Crippen LogP contribution in [0.25, 0.3) is 0 Å². The first-order valence-electron chi connectivity index (χ1n) is 6.06. The van der Waals surface area contributed by atoms with Crippen LogP contribution in [0.1, 0.15) is 5.56 Å². The van der Waals surface area contributed by atoms with E-state index in [9.17, 15) is 14.8 Å². The number of carbonyl (C=O) groups is 2. The zero-order valence-electron chi connectivity index (χ0n) is 10.7. The third kappa shape index (κ3) is 3.40. The van der Waals surface area contributed by atoms with Crippen molar-refractivity contribution in [3.63, 3.8) is 0 Å². The van der Waals surface area contributed by atoms with Crippen LogP contribution < -0.4 is 0 Å². The molecule has 8 heteroatoms. The van der Waals surface area contributed by atoms with E-state index in [0.717, 1.165) is 11.3 Å². The highest BCUT2D eigenvalue weighted by atomic mass is 32.2. The maximum Gasteiger partial charge on any atom is 0.432 e. The molecule has 2 heterocycles. The van der Waals surface area contributed by atoms with Crippen LogP contribution in [-0.4, -0.2) is 61.5 Å². The molecule has 108 valence electrons. The summed E-state index contributed by atoms with van der Waals surface area (Å²) in [4.78, 5) is 28.7. The fraction of sp³-hybridized carbons (Fsp3) is 0.417. The molecule has 1 unspecified atom stereocenters. The third-order valence-corrected chi connectivity index (χ3v) is 3.98. The topological polar surface area (TPSA) is 94.0 Å². The monoisotopic (exact) mass is 297 g/mol. The first kappa shape index (κ1) is 14.6. The summed E-state index contributed by atoms with van der Waals surface area (Å²) < 4.78 is 0. The summed E-state index contributed by atoms with van der Waals surface area (Å²) >= 11 is 1.60. The van der Waals surface area contributed by atoms with Crippen LogP contribution in [0.4, 0.5) is 4.79 Å². The SMILES string of the molecule is O=C(C(Cc1ccncc1)N(O)C(=O)O)N1CCSC1. The number of hydrogen-bond acceptors (Lipinski definition) is 5. The average molecular weight is 297 g/mol. The number of pyridine rings is 1. The van der Waals surface area contributed by atoms with Gasteiger partial charge in [-0.3, -0.25) is 15.0 Å². The first-order chi connectivity index (χ1) is 9.59. The van der Waals surface area contributed by atoms with Gasteiger partial charge in [0.2, 0.25) is 5.91 Å². The Morgan fingerprint density at radius 2 is 2.15 bits per heavy atom. The summed E-state index contributed by atoms with van der Waals surface area (Å²) in [6.07, 6.45) is 1.70. The Labute approximate surface area is 120 Å². The Kier molecular flexibility index (Phi) is 4.80. The number of carboxylic acid groups (broad SMARTS) is 1. The van der Waals surface area contributed by atoms with Gasteiger partial charge in [0.05, 0.1) is 5.88 Å². The van der Waals surface area contributed by atoms with Crippen molar-refractivity contribution in [3.05, 3.63) is 30.1 Å². The van der Waals surface area contributed by atoms with Crippen molar-refractivity contribution in [1.29, 1.82) is 0 Å². The molecule has 0 aromatic carbocycles. The molecule has 0 aliphatic carbocycles. The van der Waals surface area contributed by atoms with E-state index in [1.807, 2.05) is 0 Å². The number of hydroxylamine groups is 2. The van der Waals surface area contributed by atoms with Crippen molar-refractivity contribution in [2.75, 3.05) is 18.2 Å². The molecule has 1 aromatic rings. The van der Waals surface area contributed by atoms with Crippen LogP contribution in [0.15, 0.2) is 24.5 Å². The van der Waals surface area contributed by atoms with Crippen LogP contribution in [0.5, 0.6) is 0 Å². The fourth-order valence-electron chi connectivity index (χ4n) is 1.95. The van der Waals surface area contributed by atoms with Crippen LogP contribution in [0.2, 0.25) is 0 Å². The summed E-state index contributed by atoms with van der Waals surface area (Å²) in [5, 5.41) is 18.6. The van der Waals surface area contributed by atoms with E-state index in [-0.39, 0.29) is 17.4 Å². The summed E-state index contributed by atoms with van der Waals surface area (Å²) in [6.45, 7) is 0.573. The van der Waals surface area contributed by atoms with Gasteiger partial charge in [-0.1, -0.05) is 0 Å². The van der Waals surface area contributed by atoms with Gasteiger partial charge in [-0.15, -0.1) is 11.8 Å². The number of thioether (sulfide) groups is 1. The summed E-state index contributed by atoms with van der Waals surface area (Å²) in [6, 6.07) is 2.25. The number of hydrogen-bond donors (Lipinski definition) is 2. The highest BCUT2D eigenvalue weighted by molar-refractivity contribution is 7.99. The second kappa shape index (κ2) is 6.58. The number of carbonyl (C=O) groups excluding carboxylic acids is 1. The molecule has 1 atom stereocenters. The lowest BCUT2D eigenvalue weighted by Gasteiger charge is -2.26. The highest BCUT2D eigenvalue weighted by Gasteiger charge is 2.33. The lowest BCUT2D eigenvalue weighted by atomic mass is 10.1. The second-order valence-electron chi connectivity index (χ2n) is 4.34. The Balaban J connectivity index is 2.15. The van der Waals surface area contributed by atoms with Gasteiger partial charge in [0.25, 0.3) is 0 Å². The average Bonchev–Trinajstić information content (AvgIpc) is 2.98. The summed E-state index contributed by atoms with van der Waals surface area (Å²) in [7, 11) is 0. The van der Waals surface area contributed by atoms with Crippen LogP contribution in [0.3, 0.4) is 0 Å². The van der Waals surface area contributed by atoms with Crippen LogP contribution >= 0.6 is 11.8 Å². The molecule has 2 N–H and O–H groups in total. The van der Waals surface area contributed by atoms with Crippen LogP contribution in [0, 0.1) is 0 Å². The minimum absolute atomic E-state index is 0.0890. The number of nitrogens with zero attached hydrogens (tertiary/aromatic N) is 3. The van der Waals surface area contributed by atoms with E-state index in [4.69, 9.17) is 5.11 Å². The first-order valence-corrected chi connectivity index (χ1v) is 7.21. The van der Waals surface area contributed by atoms with Crippen molar-refractivity contribution < 1.29 is 19.9 Å². The van der Waals surface area contributed by atoms with E-state index >= 15 is 0 Å². The standard InChI is InChI=1S/C12H15N3O4S/c16-11(14-5-6-20-8-14)10(15(19)12(17)18)7-9-1-3-13-4-2-9/h1-4,10,19H,5-8H2,(H,17,18). The van der Waals surface area contributed by atoms with Gasteiger partial charge in [-0.2, -0.15) is 5.06 Å². The molecule has 20 heavy (non-hydrogen) atoms. The summed E-state index contributed by atoms with van der Waals surface area (Å²) in [5.41, 5.74) is 0.741. The van der Waals surface area contributed by atoms with Crippen molar-refractivity contribution in [3.8, 4) is 0 Å². The van der Waals surface area contributed by atoms with E-state index in [2.05, 4.69) is 4.98 Å². The zero-order chi connectivity index (χ0) is 14.5. The fourth-order valence-corrected chi connectivity index (χ4v) is 2.91. The smallest absolute Gasteiger partial charge is 0.432 e. The molecule has 2 amide bonds. The van der Waals surface area contributed by atoms with Gasteiger partial charge >= 0.3 is 6.09 Å². The van der Waals surface area contributed by atoms with Crippen molar-refractivity contribution in [1.82, 2.24) is 14.9 Å². The Hall–Kier alpha value is -1.80. The van der Waals surface area contributed by atoms with E-state index in [1.54, 1.807) is 41.2 Å². The lowest BCUT2D eigenvalue weighted by molar-refractivity contribution is -0.152. The molecular weight excluding hydrogens is 282 g/mol. The molecule has 0 radical (unpaired) electrons. The molecule has 0 spiro atoms. The van der Waals surface area contributed by atoms with E-state index in [0.29, 0.717) is 12.4 Å². The highest BCUT2D eigenvalue weighted by Crippen LogP contribution is 2.17. The Bertz CT molecular complexity index is 479. The Morgan fingerprint density at radius 3 is 2.70 bits per heavy atom. The number of amides is 2. The molecular formula is C12H15N3O4S. The largest absolute Gasteiger partial charge is 0.463 e. The predicted molar refractivity (Wildman–Crippen MR) is 72.4 cm³/mol. The normalized spacial score (nSPS) is 15.9. The zero-order valence-corrected chi connectivity index (χ0v) is 11.5. The van der Waals surface area contributed by atoms with Gasteiger partial charge in [-0.05, 0) is 17.7 Å². The molecule has 2 rings (SSSR count). The second-order valence-corrected chi connectivity index (χ2v) is 5.42. The van der Waals surface area contributed by atoms with Crippen molar-refractivity contribution in [2.45, 2.75) is 12.5 Å². The Morgan fingerprint density at radius 1 is 1.45 bits per heavy atom. The minimum Gasteiger partial charge on any atom is -0.463 e. The molecule has 7 nitrogen and oxygen atoms in total. The van der Waals surface area contributed by atoms with Gasteiger partial charge in [0.1, 0.15) is 6.04 Å². The molecule has 1 aliphatic rings. The maximum atomic E-state index is 12.3. The van der Waals surface area contributed by atoms with Gasteiger partial charge < -0.3 is 10.0 Å². The van der Waals surface area contributed by atoms with E-state index < -0.39 is 12.1 Å². The van der Waals surface area contributed by atoms with Crippen LogP contribution in [-0.2, 0) is 11.2 Å². The third-order valence-electron chi connectivity index (χ3n) is 3.02. The van der Waals surface area contributed by atoms with Gasteiger partial charge in [-0.25, -0.2) is 4.79 Å². The molecule has 1 aliphatic heterocycles. The number of aromatic nitrogens is 1. The van der Waals surface area contributed by atoms with Gasteiger partial charge in [0, 0.05) is 31.1 Å². The minimum atomic E-state index is -1.54. The maximum absolute atomic E-state index is 12.3. The van der Waals surface area contributed by atoms with E-state index in [1.165, 1.54) is 0 Å².